The van der Waals surface area contributed by atoms with Gasteiger partial charge in [0.2, 0.25) is 0 Å². The Kier molecular flexibility index (Phi) is 9.40. The van der Waals surface area contributed by atoms with E-state index in [1.807, 2.05) is 36.4 Å². The van der Waals surface area contributed by atoms with Crippen molar-refractivity contribution in [3.05, 3.63) is 242 Å². The van der Waals surface area contributed by atoms with Crippen LogP contribution in [0.1, 0.15) is 11.1 Å². The van der Waals surface area contributed by atoms with Crippen LogP contribution in [0.4, 0.5) is 0 Å². The van der Waals surface area contributed by atoms with Gasteiger partial charge in [0.1, 0.15) is 12.1 Å². The first kappa shape index (κ1) is 42.2. The van der Waals surface area contributed by atoms with E-state index in [0.717, 1.165) is 103 Å². The summed E-state index contributed by atoms with van der Waals surface area (Å²) in [5, 5.41) is 33.4. The summed E-state index contributed by atoms with van der Waals surface area (Å²) < 4.78 is 9.39. The van der Waals surface area contributed by atoms with Crippen LogP contribution in [-0.2, 0) is 0 Å². The Morgan fingerprint density at radius 2 is 0.662 bits per heavy atom. The highest BCUT2D eigenvalue weighted by Gasteiger charge is 2.33. The lowest BCUT2D eigenvalue weighted by Gasteiger charge is -2.25. The molecule has 0 saturated carbocycles. The van der Waals surface area contributed by atoms with Gasteiger partial charge in [-0.1, -0.05) is 194 Å². The topological polar surface area (TPSA) is 57.4 Å². The minimum absolute atomic E-state index is 0.429. The smallest absolute Gasteiger partial charge is 0.102 e. The molecule has 4 aromatic heterocycles. The molecule has 4 nitrogen and oxygen atoms in total. The van der Waals surface area contributed by atoms with Gasteiger partial charge in [-0.2, -0.15) is 10.5 Å². The Bertz CT molecular complexity index is 4620. The molecule has 6 heteroatoms. The van der Waals surface area contributed by atoms with Crippen molar-refractivity contribution < 1.29 is 0 Å². The molecule has 0 saturated heterocycles. The second-order valence-electron chi connectivity index (χ2n) is 18.8. The summed E-state index contributed by atoms with van der Waals surface area (Å²) in [6, 6.07) is 87.0. The maximum Gasteiger partial charge on any atom is 0.102 e. The van der Waals surface area contributed by atoms with Crippen molar-refractivity contribution >= 4 is 107 Å². The van der Waals surface area contributed by atoms with Gasteiger partial charge < -0.3 is 9.13 Å². The molecule has 4 heterocycles. The molecule has 0 aliphatic heterocycles. The molecule has 0 spiro atoms. The second-order valence-corrected chi connectivity index (χ2v) is 20.9. The van der Waals surface area contributed by atoms with Crippen LogP contribution in [0, 0.1) is 22.7 Å². The van der Waals surface area contributed by atoms with Crippen LogP contribution in [0.3, 0.4) is 0 Å². The quantitative estimate of drug-likeness (QED) is 0.167. The number of hydrogen-bond donors (Lipinski definition) is 0. The third kappa shape index (κ3) is 5.99. The van der Waals surface area contributed by atoms with Gasteiger partial charge in [-0.15, -0.1) is 22.7 Å². The molecule has 0 unspecified atom stereocenters. The molecule has 15 rings (SSSR count). The largest absolute Gasteiger partial charge is 0.306 e. The van der Waals surface area contributed by atoms with E-state index in [-0.39, 0.29) is 0 Å². The Balaban J connectivity index is 1.22. The highest BCUT2D eigenvalue weighted by molar-refractivity contribution is 7.27. The summed E-state index contributed by atoms with van der Waals surface area (Å²) in [5.41, 5.74) is 14.0. The molecule has 0 amide bonds. The number of nitrogens with zero attached hydrogens (tertiary/aromatic N) is 4. The zero-order valence-electron chi connectivity index (χ0n) is 39.5. The van der Waals surface area contributed by atoms with E-state index in [9.17, 15) is 10.5 Å². The van der Waals surface area contributed by atoms with Crippen molar-refractivity contribution in [3.8, 4) is 68.0 Å². The minimum atomic E-state index is 0.429. The molecule has 0 N–H and O–H groups in total. The molecule has 0 radical (unpaired) electrons. The lowest BCUT2D eigenvalue weighted by atomic mass is 9.86. The molecule has 0 atom stereocenters. The molecule has 342 valence electrons. The first-order valence-electron chi connectivity index (χ1n) is 24.7. The van der Waals surface area contributed by atoms with Crippen molar-refractivity contribution in [1.29, 1.82) is 10.5 Å². The lowest BCUT2D eigenvalue weighted by Crippen LogP contribution is -2.11. The average molecular weight is 975 g/mol. The van der Waals surface area contributed by atoms with Gasteiger partial charge in [0.05, 0.1) is 54.0 Å². The van der Waals surface area contributed by atoms with E-state index in [4.69, 9.17) is 0 Å². The fraction of sp³-hybridized carbons (Fsp3) is 0. The maximum absolute atomic E-state index is 12.2. The van der Waals surface area contributed by atoms with Crippen LogP contribution in [0.2, 0.25) is 0 Å². The van der Waals surface area contributed by atoms with Gasteiger partial charge >= 0.3 is 0 Å². The molecular weight excluding hydrogens is 937 g/mol. The van der Waals surface area contributed by atoms with Gasteiger partial charge in [0, 0.05) is 63.6 Å². The van der Waals surface area contributed by atoms with Crippen molar-refractivity contribution in [1.82, 2.24) is 9.13 Å². The highest BCUT2D eigenvalue weighted by Crippen LogP contribution is 2.54. The number of fused-ring (bicyclic) bond motifs is 14. The number of benzene rings is 11. The molecular formula is C68H38N4S2. The van der Waals surface area contributed by atoms with Crippen LogP contribution in [0.5, 0.6) is 0 Å². The predicted octanol–water partition coefficient (Wildman–Crippen LogP) is 19.0. The number of aromatic nitrogens is 2. The number of hydrogen-bond acceptors (Lipinski definition) is 4. The Labute approximate surface area is 433 Å². The SMILES string of the molecule is N#Cc1c(-c2ccccc2)c(C#N)c(-n2c3ccccc3c3cc(-c4ccccc4)c4c5ccccc5sc4c32)c(-c2ccccc2)c1-n1c2ccccc2c2cc(-c3ccccc3)c3c4ccccc4sc3c21. The zero-order valence-corrected chi connectivity index (χ0v) is 41.2. The lowest BCUT2D eigenvalue weighted by molar-refractivity contribution is 1.13. The van der Waals surface area contributed by atoms with Crippen LogP contribution in [0.15, 0.2) is 231 Å². The molecule has 0 aliphatic carbocycles. The third-order valence-corrected chi connectivity index (χ3v) is 17.3. The molecule has 74 heavy (non-hydrogen) atoms. The van der Waals surface area contributed by atoms with Crippen molar-refractivity contribution in [2.75, 3.05) is 0 Å². The van der Waals surface area contributed by atoms with E-state index in [0.29, 0.717) is 16.7 Å². The molecule has 15 aromatic rings. The standard InChI is InChI=1S/C68H38N4S2/c69-39-53-59(43-25-9-3-10-26-43)54(40-70)64(72-56-34-18-14-30-46(56)52-38-50(42-23-7-2-8-24-42)62-48-32-16-20-36-58(48)74-68(62)66(52)72)60(44-27-11-4-12-28-44)63(53)71-55-33-17-13-29-45(55)51-37-49(41-21-5-1-6-22-41)61-47-31-15-19-35-57(47)73-67(61)65(51)71/h1-38H. The van der Waals surface area contributed by atoms with Crippen LogP contribution in [-0.4, -0.2) is 9.13 Å². The summed E-state index contributed by atoms with van der Waals surface area (Å²) in [6.45, 7) is 0. The first-order valence-corrected chi connectivity index (χ1v) is 26.3. The van der Waals surface area contributed by atoms with E-state index in [2.05, 4.69) is 215 Å². The summed E-state index contributed by atoms with van der Waals surface area (Å²) in [7, 11) is 0. The van der Waals surface area contributed by atoms with E-state index < -0.39 is 0 Å². The second kappa shape index (κ2) is 16.5. The van der Waals surface area contributed by atoms with E-state index in [1.54, 1.807) is 22.7 Å². The van der Waals surface area contributed by atoms with E-state index in [1.165, 1.54) is 30.9 Å². The molecule has 0 aliphatic rings. The summed E-state index contributed by atoms with van der Waals surface area (Å²) in [6.07, 6.45) is 0. The number of nitriles is 2. The summed E-state index contributed by atoms with van der Waals surface area (Å²) >= 11 is 3.59. The Morgan fingerprint density at radius 3 is 1.07 bits per heavy atom. The number of rotatable bonds is 6. The predicted molar refractivity (Wildman–Crippen MR) is 312 cm³/mol. The average Bonchev–Trinajstić information content (AvgIpc) is 4.23. The fourth-order valence-corrected chi connectivity index (χ4v) is 14.5. The zero-order chi connectivity index (χ0) is 49.0. The van der Waals surface area contributed by atoms with Crippen LogP contribution in [0.25, 0.3) is 140 Å². The van der Waals surface area contributed by atoms with E-state index >= 15 is 0 Å². The van der Waals surface area contributed by atoms with Crippen molar-refractivity contribution in [3.63, 3.8) is 0 Å². The van der Waals surface area contributed by atoms with Gasteiger partial charge in [-0.05, 0) is 69.8 Å². The normalized spacial score (nSPS) is 11.8. The fourth-order valence-electron chi connectivity index (χ4n) is 12.0. The maximum atomic E-state index is 12.2. The van der Waals surface area contributed by atoms with Gasteiger partial charge in [0.25, 0.3) is 0 Å². The molecule has 11 aromatic carbocycles. The first-order chi connectivity index (χ1) is 36.7. The monoisotopic (exact) mass is 974 g/mol. The van der Waals surface area contributed by atoms with Crippen LogP contribution >= 0.6 is 22.7 Å². The number of para-hydroxylation sites is 2. The van der Waals surface area contributed by atoms with Gasteiger partial charge in [0.15, 0.2) is 0 Å². The van der Waals surface area contributed by atoms with Gasteiger partial charge in [-0.3, -0.25) is 0 Å². The highest BCUT2D eigenvalue weighted by atomic mass is 32.1. The van der Waals surface area contributed by atoms with Crippen molar-refractivity contribution in [2.45, 2.75) is 0 Å². The summed E-state index contributed by atoms with van der Waals surface area (Å²) in [5.74, 6) is 0. The number of thiophene rings is 2. The molecule has 0 bridgehead atoms. The third-order valence-electron chi connectivity index (χ3n) is 15.0. The molecule has 0 fully saturated rings. The van der Waals surface area contributed by atoms with Crippen molar-refractivity contribution in [2.24, 2.45) is 0 Å². The Hall–Kier alpha value is -9.56. The summed E-state index contributed by atoms with van der Waals surface area (Å²) in [4.78, 5) is 0. The van der Waals surface area contributed by atoms with Crippen LogP contribution < -0.4 is 0 Å². The van der Waals surface area contributed by atoms with Gasteiger partial charge in [-0.25, -0.2) is 0 Å². The Morgan fingerprint density at radius 1 is 0.324 bits per heavy atom. The minimum Gasteiger partial charge on any atom is -0.306 e.